The van der Waals surface area contributed by atoms with E-state index in [1.807, 2.05) is 44.2 Å². The van der Waals surface area contributed by atoms with E-state index in [1.165, 1.54) is 19.3 Å². The summed E-state index contributed by atoms with van der Waals surface area (Å²) in [6, 6.07) is 12.4. The van der Waals surface area contributed by atoms with E-state index in [0.29, 0.717) is 17.7 Å². The van der Waals surface area contributed by atoms with Gasteiger partial charge in [-0.2, -0.15) is 0 Å². The molecule has 1 unspecified atom stereocenters. The number of nitrogens with two attached hydrogens (primary N) is 1. The molecule has 0 heterocycles. The molecule has 158 valence electrons. The Bertz CT molecular complexity index is 733. The highest BCUT2D eigenvalue weighted by Gasteiger charge is 2.16. The fourth-order valence-electron chi connectivity index (χ4n) is 2.95. The predicted molar refractivity (Wildman–Crippen MR) is 119 cm³/mol. The third-order valence-electron chi connectivity index (χ3n) is 4.58. The number of aldehydes is 1. The van der Waals surface area contributed by atoms with Crippen LogP contribution in [0.25, 0.3) is 0 Å². The normalized spacial score (nSPS) is 11.2. The minimum absolute atomic E-state index is 0.219. The highest BCUT2D eigenvalue weighted by atomic mass is 16.5. The molecule has 2 aromatic carbocycles. The number of rotatable bonds is 9. The topological polar surface area (TPSA) is 81.4 Å². The molecule has 1 amide bonds. The summed E-state index contributed by atoms with van der Waals surface area (Å²) in [5.41, 5.74) is 9.69. The first-order valence-corrected chi connectivity index (χ1v) is 10.1. The third-order valence-corrected chi connectivity index (χ3v) is 4.58. The average Bonchev–Trinajstić information content (AvgIpc) is 2.70. The number of ether oxygens (including phenoxy) is 1. The maximum Gasteiger partial charge on any atom is 0.252 e. The molecular formula is C24H34N2O3. The van der Waals surface area contributed by atoms with Crippen LogP contribution in [0.5, 0.6) is 0 Å². The molecule has 2 aromatic rings. The molecule has 5 heteroatoms. The fourth-order valence-corrected chi connectivity index (χ4v) is 2.95. The highest BCUT2D eigenvalue weighted by molar-refractivity contribution is 5.98. The molecule has 29 heavy (non-hydrogen) atoms. The van der Waals surface area contributed by atoms with Gasteiger partial charge in [-0.05, 0) is 55.5 Å². The number of amides is 1. The molecule has 0 aliphatic carbocycles. The minimum Gasteiger partial charge on any atom is -0.399 e. The smallest absolute Gasteiger partial charge is 0.252 e. The Balaban J connectivity index is 0.000000516. The molecule has 2 rings (SSSR count). The maximum atomic E-state index is 12.4. The third kappa shape index (κ3) is 8.92. The van der Waals surface area contributed by atoms with E-state index in [1.54, 1.807) is 19.2 Å². The van der Waals surface area contributed by atoms with Crippen LogP contribution in [0.1, 0.15) is 53.2 Å². The van der Waals surface area contributed by atoms with Crippen molar-refractivity contribution < 1.29 is 14.3 Å². The summed E-state index contributed by atoms with van der Waals surface area (Å²) in [6.45, 7) is 6.89. The number of benzene rings is 2. The molecule has 0 spiro atoms. The number of unbranched alkanes of at least 4 members (excludes halogenated alkanes) is 2. The quantitative estimate of drug-likeness (QED) is 0.376. The van der Waals surface area contributed by atoms with E-state index in [9.17, 15) is 9.59 Å². The van der Waals surface area contributed by atoms with Crippen molar-refractivity contribution in [1.29, 1.82) is 0 Å². The Kier molecular flexibility index (Phi) is 11.4. The van der Waals surface area contributed by atoms with Crippen LogP contribution in [0, 0.1) is 13.8 Å². The van der Waals surface area contributed by atoms with Crippen LogP contribution in [-0.4, -0.2) is 32.0 Å². The SMILES string of the molecule is CCCCCOC.Cc1cccc(C)c1C(=O)NC(C=O)Cc1ccc(N)cc1. The second-order valence-corrected chi connectivity index (χ2v) is 7.13. The molecule has 0 fully saturated rings. The van der Waals surface area contributed by atoms with E-state index >= 15 is 0 Å². The van der Waals surface area contributed by atoms with Crippen LogP contribution in [0.2, 0.25) is 0 Å². The first-order valence-electron chi connectivity index (χ1n) is 10.1. The van der Waals surface area contributed by atoms with E-state index < -0.39 is 6.04 Å². The molecule has 0 aliphatic heterocycles. The fraction of sp³-hybridized carbons (Fsp3) is 0.417. The van der Waals surface area contributed by atoms with Crippen molar-refractivity contribution in [2.75, 3.05) is 19.5 Å². The van der Waals surface area contributed by atoms with Crippen molar-refractivity contribution in [2.24, 2.45) is 0 Å². The standard InChI is InChI=1S/C18H20N2O2.C6H14O/c1-12-4-3-5-13(2)17(12)18(22)20-16(11-21)10-14-6-8-15(19)9-7-14;1-3-4-5-6-7-2/h3-9,11,16H,10,19H2,1-2H3,(H,20,22);3-6H2,1-2H3. The number of hydrogen-bond donors (Lipinski definition) is 2. The molecule has 0 aliphatic rings. The van der Waals surface area contributed by atoms with Gasteiger partial charge < -0.3 is 20.6 Å². The summed E-state index contributed by atoms with van der Waals surface area (Å²) < 4.78 is 4.84. The van der Waals surface area contributed by atoms with Crippen LogP contribution in [0.4, 0.5) is 5.69 Å². The van der Waals surface area contributed by atoms with Gasteiger partial charge in [-0.1, -0.05) is 50.1 Å². The largest absolute Gasteiger partial charge is 0.399 e. The first kappa shape index (κ1) is 24.4. The highest BCUT2D eigenvalue weighted by Crippen LogP contribution is 2.14. The zero-order chi connectivity index (χ0) is 21.6. The molecule has 0 radical (unpaired) electrons. The second-order valence-electron chi connectivity index (χ2n) is 7.13. The Morgan fingerprint density at radius 2 is 1.72 bits per heavy atom. The molecular weight excluding hydrogens is 364 g/mol. The summed E-state index contributed by atoms with van der Waals surface area (Å²) in [7, 11) is 1.75. The Hall–Kier alpha value is -2.66. The second kappa shape index (κ2) is 13.5. The van der Waals surface area contributed by atoms with Crippen molar-refractivity contribution in [3.8, 4) is 0 Å². The van der Waals surface area contributed by atoms with E-state index in [0.717, 1.165) is 29.6 Å². The number of hydrogen-bond acceptors (Lipinski definition) is 4. The maximum absolute atomic E-state index is 12.4. The van der Waals surface area contributed by atoms with Crippen LogP contribution >= 0.6 is 0 Å². The van der Waals surface area contributed by atoms with Crippen molar-refractivity contribution >= 4 is 17.9 Å². The van der Waals surface area contributed by atoms with E-state index in [4.69, 9.17) is 10.5 Å². The Labute approximate surface area is 174 Å². The van der Waals surface area contributed by atoms with Gasteiger partial charge in [0.2, 0.25) is 0 Å². The molecule has 0 bridgehead atoms. The molecule has 0 saturated carbocycles. The van der Waals surface area contributed by atoms with Gasteiger partial charge in [0.15, 0.2) is 0 Å². The summed E-state index contributed by atoms with van der Waals surface area (Å²) in [4.78, 5) is 23.7. The van der Waals surface area contributed by atoms with Gasteiger partial charge in [-0.15, -0.1) is 0 Å². The van der Waals surface area contributed by atoms with Gasteiger partial charge in [0, 0.05) is 25.0 Å². The Morgan fingerprint density at radius 1 is 1.10 bits per heavy atom. The van der Waals surface area contributed by atoms with Gasteiger partial charge >= 0.3 is 0 Å². The van der Waals surface area contributed by atoms with Crippen molar-refractivity contribution in [2.45, 2.75) is 52.5 Å². The van der Waals surface area contributed by atoms with Crippen molar-refractivity contribution in [3.05, 3.63) is 64.7 Å². The number of nitrogens with one attached hydrogen (secondary N) is 1. The van der Waals surface area contributed by atoms with Crippen LogP contribution < -0.4 is 11.1 Å². The predicted octanol–water partition coefficient (Wildman–Crippen LogP) is 4.25. The molecule has 0 aromatic heterocycles. The number of carbonyl (C=O) groups is 2. The lowest BCUT2D eigenvalue weighted by Gasteiger charge is -2.15. The van der Waals surface area contributed by atoms with Gasteiger partial charge in [-0.25, -0.2) is 0 Å². The van der Waals surface area contributed by atoms with Gasteiger partial charge in [0.05, 0.1) is 6.04 Å². The Morgan fingerprint density at radius 3 is 2.24 bits per heavy atom. The molecule has 0 saturated heterocycles. The summed E-state index contributed by atoms with van der Waals surface area (Å²) in [5, 5.41) is 2.79. The van der Waals surface area contributed by atoms with E-state index in [2.05, 4.69) is 12.2 Å². The van der Waals surface area contributed by atoms with Crippen molar-refractivity contribution in [3.63, 3.8) is 0 Å². The zero-order valence-corrected chi connectivity index (χ0v) is 18.0. The number of carbonyl (C=O) groups excluding carboxylic acids is 2. The van der Waals surface area contributed by atoms with Gasteiger partial charge in [-0.3, -0.25) is 4.79 Å². The number of aryl methyl sites for hydroxylation is 2. The average molecular weight is 399 g/mol. The summed E-state index contributed by atoms with van der Waals surface area (Å²) in [5.74, 6) is -0.219. The van der Waals surface area contributed by atoms with Gasteiger partial charge in [0.25, 0.3) is 5.91 Å². The summed E-state index contributed by atoms with van der Waals surface area (Å²) >= 11 is 0. The lowest BCUT2D eigenvalue weighted by atomic mass is 10.0. The van der Waals surface area contributed by atoms with Gasteiger partial charge in [0.1, 0.15) is 6.29 Å². The first-order chi connectivity index (χ1) is 13.9. The monoisotopic (exact) mass is 398 g/mol. The number of nitrogen functional groups attached to an aromatic ring is 1. The molecule has 1 atom stereocenters. The minimum atomic E-state index is -0.560. The molecule has 3 N–H and O–H groups in total. The van der Waals surface area contributed by atoms with E-state index in [-0.39, 0.29) is 5.91 Å². The number of methoxy groups -OCH3 is 1. The van der Waals surface area contributed by atoms with Crippen LogP contribution in [0.15, 0.2) is 42.5 Å². The lowest BCUT2D eigenvalue weighted by Crippen LogP contribution is -2.38. The van der Waals surface area contributed by atoms with Crippen LogP contribution in [0.3, 0.4) is 0 Å². The van der Waals surface area contributed by atoms with Crippen LogP contribution in [-0.2, 0) is 16.0 Å². The lowest BCUT2D eigenvalue weighted by molar-refractivity contribution is -0.109. The zero-order valence-electron chi connectivity index (χ0n) is 18.0. The summed E-state index contributed by atoms with van der Waals surface area (Å²) in [6.07, 6.45) is 5.01. The molecule has 5 nitrogen and oxygen atoms in total. The number of anilines is 1. The van der Waals surface area contributed by atoms with Crippen molar-refractivity contribution in [1.82, 2.24) is 5.32 Å².